The Hall–Kier alpha value is -1.51. The van der Waals surface area contributed by atoms with Gasteiger partial charge in [-0.3, -0.25) is 4.79 Å². The third kappa shape index (κ3) is 1.35. The average molecular weight is 190 g/mol. The number of fused-ring (bicyclic) bond motifs is 1. The highest BCUT2D eigenvalue weighted by Crippen LogP contribution is 2.30. The number of carbonyl (C=O) groups is 1. The maximum absolute atomic E-state index is 10.8. The van der Waals surface area contributed by atoms with E-state index in [2.05, 4.69) is 18.2 Å². The molecule has 14 heavy (non-hydrogen) atoms. The van der Waals surface area contributed by atoms with E-state index in [4.69, 9.17) is 0 Å². The van der Waals surface area contributed by atoms with E-state index in [0.717, 1.165) is 30.8 Å². The van der Waals surface area contributed by atoms with Crippen LogP contribution in [0.5, 0.6) is 0 Å². The first kappa shape index (κ1) is 9.06. The second-order valence-electron chi connectivity index (χ2n) is 3.76. The van der Waals surface area contributed by atoms with Crippen LogP contribution in [-0.2, 0) is 11.2 Å². The summed E-state index contributed by atoms with van der Waals surface area (Å²) in [5.74, 6) is 0. The van der Waals surface area contributed by atoms with Crippen molar-refractivity contribution in [1.29, 1.82) is 0 Å². The lowest BCUT2D eigenvalue weighted by Gasteiger charge is -2.16. The highest BCUT2D eigenvalue weighted by atomic mass is 16.1. The van der Waals surface area contributed by atoms with Gasteiger partial charge in [-0.25, -0.2) is 0 Å². The van der Waals surface area contributed by atoms with E-state index < -0.39 is 0 Å². The van der Waals surface area contributed by atoms with Crippen molar-refractivity contribution < 1.29 is 4.79 Å². The molecule has 0 saturated carbocycles. The first-order valence-electron chi connectivity index (χ1n) is 4.74. The minimum absolute atomic E-state index is 0.815. The van der Waals surface area contributed by atoms with Gasteiger partial charge in [0.2, 0.25) is 6.41 Å². The Kier molecular flexibility index (Phi) is 2.15. The van der Waals surface area contributed by atoms with Gasteiger partial charge in [-0.2, -0.15) is 0 Å². The molecule has 74 valence electrons. The number of hydrogen-bond acceptors (Lipinski definition) is 2. The average Bonchev–Trinajstić information content (AvgIpc) is 2.59. The van der Waals surface area contributed by atoms with Gasteiger partial charge >= 0.3 is 0 Å². The number of rotatable bonds is 2. The Balaban J connectivity index is 2.42. The van der Waals surface area contributed by atoms with Crippen LogP contribution in [-0.4, -0.2) is 27.1 Å². The highest BCUT2D eigenvalue weighted by Gasteiger charge is 2.18. The lowest BCUT2D eigenvalue weighted by Crippen LogP contribution is -2.17. The van der Waals surface area contributed by atoms with E-state index >= 15 is 0 Å². The van der Waals surface area contributed by atoms with E-state index in [0.29, 0.717) is 0 Å². The summed E-state index contributed by atoms with van der Waals surface area (Å²) in [5, 5.41) is 0. The molecule has 1 amide bonds. The summed E-state index contributed by atoms with van der Waals surface area (Å²) in [5.41, 5.74) is 3.46. The minimum atomic E-state index is 0.815. The largest absolute Gasteiger partial charge is 0.378 e. The zero-order valence-electron chi connectivity index (χ0n) is 8.53. The third-order valence-electron chi connectivity index (χ3n) is 2.64. The van der Waals surface area contributed by atoms with Crippen molar-refractivity contribution in [3.63, 3.8) is 0 Å². The van der Waals surface area contributed by atoms with E-state index in [1.165, 1.54) is 5.56 Å². The molecule has 1 heterocycles. The molecule has 0 N–H and O–H groups in total. The fourth-order valence-electron chi connectivity index (χ4n) is 1.78. The van der Waals surface area contributed by atoms with Crippen molar-refractivity contribution in [2.24, 2.45) is 0 Å². The molecular formula is C11H14N2O. The van der Waals surface area contributed by atoms with Crippen LogP contribution in [0.2, 0.25) is 0 Å². The molecule has 0 aromatic heterocycles. The summed E-state index contributed by atoms with van der Waals surface area (Å²) in [7, 11) is 4.00. The monoisotopic (exact) mass is 190 g/mol. The van der Waals surface area contributed by atoms with Crippen molar-refractivity contribution in [3.8, 4) is 0 Å². The lowest BCUT2D eigenvalue weighted by molar-refractivity contribution is -0.107. The van der Waals surface area contributed by atoms with Gasteiger partial charge in [-0.15, -0.1) is 0 Å². The van der Waals surface area contributed by atoms with Crippen LogP contribution in [0.15, 0.2) is 18.2 Å². The van der Waals surface area contributed by atoms with E-state index in [-0.39, 0.29) is 0 Å². The zero-order chi connectivity index (χ0) is 10.1. The normalized spacial score (nSPS) is 14.0. The molecule has 0 atom stereocenters. The summed E-state index contributed by atoms with van der Waals surface area (Å²) in [4.78, 5) is 14.6. The smallest absolute Gasteiger partial charge is 0.214 e. The van der Waals surface area contributed by atoms with Gasteiger partial charge in [0.15, 0.2) is 0 Å². The summed E-state index contributed by atoms with van der Waals surface area (Å²) >= 11 is 0. The Labute approximate surface area is 83.9 Å². The SMILES string of the molecule is CN(C)c1ccc2c(c1)N(C=O)CC2. The highest BCUT2D eigenvalue weighted by molar-refractivity contribution is 5.81. The minimum Gasteiger partial charge on any atom is -0.378 e. The van der Waals surface area contributed by atoms with Gasteiger partial charge in [0.1, 0.15) is 0 Å². The molecule has 0 radical (unpaired) electrons. The quantitative estimate of drug-likeness (QED) is 0.656. The number of hydrogen-bond donors (Lipinski definition) is 0. The number of carbonyl (C=O) groups excluding carboxylic acids is 1. The van der Waals surface area contributed by atoms with Crippen LogP contribution < -0.4 is 9.80 Å². The molecule has 0 aliphatic carbocycles. The van der Waals surface area contributed by atoms with Crippen molar-refractivity contribution in [3.05, 3.63) is 23.8 Å². The van der Waals surface area contributed by atoms with Crippen LogP contribution in [0, 0.1) is 0 Å². The zero-order valence-corrected chi connectivity index (χ0v) is 8.53. The Morgan fingerprint density at radius 1 is 1.43 bits per heavy atom. The molecule has 3 heteroatoms. The number of benzene rings is 1. The molecule has 3 nitrogen and oxygen atoms in total. The second-order valence-corrected chi connectivity index (χ2v) is 3.76. The van der Waals surface area contributed by atoms with Crippen molar-refractivity contribution >= 4 is 17.8 Å². The van der Waals surface area contributed by atoms with Gasteiger partial charge in [-0.1, -0.05) is 6.07 Å². The Morgan fingerprint density at radius 2 is 2.21 bits per heavy atom. The fraction of sp³-hybridized carbons (Fsp3) is 0.364. The molecular weight excluding hydrogens is 176 g/mol. The van der Waals surface area contributed by atoms with Crippen LogP contribution in [0.25, 0.3) is 0 Å². The molecule has 1 aliphatic heterocycles. The topological polar surface area (TPSA) is 23.6 Å². The molecule has 1 aromatic carbocycles. The summed E-state index contributed by atoms with van der Waals surface area (Å²) in [6.07, 6.45) is 1.88. The van der Waals surface area contributed by atoms with E-state index in [1.807, 2.05) is 19.0 Å². The van der Waals surface area contributed by atoms with Crippen molar-refractivity contribution in [2.75, 3.05) is 30.4 Å². The van der Waals surface area contributed by atoms with Gasteiger partial charge in [0.25, 0.3) is 0 Å². The van der Waals surface area contributed by atoms with Gasteiger partial charge in [0.05, 0.1) is 0 Å². The van der Waals surface area contributed by atoms with Crippen LogP contribution in [0.3, 0.4) is 0 Å². The molecule has 0 saturated heterocycles. The summed E-state index contributed by atoms with van der Waals surface area (Å²) < 4.78 is 0. The predicted octanol–water partition coefficient (Wildman–Crippen LogP) is 1.27. The van der Waals surface area contributed by atoms with Gasteiger partial charge in [-0.05, 0) is 24.1 Å². The maximum Gasteiger partial charge on any atom is 0.214 e. The second kappa shape index (κ2) is 3.33. The first-order valence-corrected chi connectivity index (χ1v) is 4.74. The molecule has 0 spiro atoms. The van der Waals surface area contributed by atoms with Crippen molar-refractivity contribution in [2.45, 2.75) is 6.42 Å². The molecule has 1 aliphatic rings. The summed E-state index contributed by atoms with van der Waals surface area (Å²) in [6, 6.07) is 6.26. The Morgan fingerprint density at radius 3 is 2.86 bits per heavy atom. The van der Waals surface area contributed by atoms with E-state index in [1.54, 1.807) is 4.90 Å². The molecule has 1 aromatic rings. The third-order valence-corrected chi connectivity index (χ3v) is 2.64. The van der Waals surface area contributed by atoms with E-state index in [9.17, 15) is 4.79 Å². The summed E-state index contributed by atoms with van der Waals surface area (Å²) in [6.45, 7) is 0.815. The molecule has 2 rings (SSSR count). The molecule has 0 unspecified atom stereocenters. The van der Waals surface area contributed by atoms with Crippen molar-refractivity contribution in [1.82, 2.24) is 0 Å². The predicted molar refractivity (Wildman–Crippen MR) is 57.9 cm³/mol. The van der Waals surface area contributed by atoms with Gasteiger partial charge < -0.3 is 9.80 Å². The standard InChI is InChI=1S/C11H14N2O/c1-12(2)10-4-3-9-5-6-13(8-14)11(9)7-10/h3-4,7-8H,5-6H2,1-2H3. The fourth-order valence-corrected chi connectivity index (χ4v) is 1.78. The first-order chi connectivity index (χ1) is 6.72. The molecule has 0 bridgehead atoms. The molecule has 0 fully saturated rings. The number of nitrogens with zero attached hydrogens (tertiary/aromatic N) is 2. The van der Waals surface area contributed by atoms with Crippen LogP contribution in [0.1, 0.15) is 5.56 Å². The number of anilines is 2. The maximum atomic E-state index is 10.8. The number of amides is 1. The van der Waals surface area contributed by atoms with Gasteiger partial charge in [0, 0.05) is 32.0 Å². The van der Waals surface area contributed by atoms with Crippen LogP contribution >= 0.6 is 0 Å². The lowest BCUT2D eigenvalue weighted by atomic mass is 10.1. The Bertz CT molecular complexity index is 360. The van der Waals surface area contributed by atoms with Crippen LogP contribution in [0.4, 0.5) is 11.4 Å².